The molecule has 2 atom stereocenters. The minimum Gasteiger partial charge on any atom is -0.481 e. The highest BCUT2D eigenvalue weighted by molar-refractivity contribution is 5.76. The third-order valence-corrected chi connectivity index (χ3v) is 3.92. The summed E-state index contributed by atoms with van der Waals surface area (Å²) in [5.41, 5.74) is 0.554. The van der Waals surface area contributed by atoms with Gasteiger partial charge in [-0.3, -0.25) is 4.79 Å². The van der Waals surface area contributed by atoms with Crippen LogP contribution in [-0.4, -0.2) is 41.6 Å². The summed E-state index contributed by atoms with van der Waals surface area (Å²) in [6.07, 6.45) is 0.999. The summed E-state index contributed by atoms with van der Waals surface area (Å²) >= 11 is 0. The summed E-state index contributed by atoms with van der Waals surface area (Å²) in [4.78, 5) is 24.8. The minimum absolute atomic E-state index is 0.159. The standard InChI is InChI=1S/C16H21FN2O3/c1-11-8-13(15(20)21)10-19(9-11)16(22)18-7-6-12-4-2-3-5-14(12)17/h2-5,11,13H,6-10H2,1H3,(H,18,22)(H,20,21). The average molecular weight is 308 g/mol. The quantitative estimate of drug-likeness (QED) is 0.895. The molecule has 0 bridgehead atoms. The van der Waals surface area contributed by atoms with Gasteiger partial charge in [-0.1, -0.05) is 25.1 Å². The zero-order valence-electron chi connectivity index (χ0n) is 12.6. The lowest BCUT2D eigenvalue weighted by Crippen LogP contribution is -2.49. The van der Waals surface area contributed by atoms with Crippen molar-refractivity contribution in [3.05, 3.63) is 35.6 Å². The summed E-state index contributed by atoms with van der Waals surface area (Å²) in [5.74, 6) is -1.50. The maximum atomic E-state index is 13.5. The van der Waals surface area contributed by atoms with Gasteiger partial charge in [0.2, 0.25) is 0 Å². The van der Waals surface area contributed by atoms with Crippen LogP contribution in [0.4, 0.5) is 9.18 Å². The van der Waals surface area contributed by atoms with E-state index in [1.165, 1.54) is 11.0 Å². The molecule has 6 heteroatoms. The summed E-state index contributed by atoms with van der Waals surface area (Å²) < 4.78 is 13.5. The molecule has 2 rings (SSSR count). The maximum Gasteiger partial charge on any atom is 0.317 e. The first-order chi connectivity index (χ1) is 10.5. The number of carboxylic acid groups (broad SMARTS) is 1. The maximum absolute atomic E-state index is 13.5. The van der Waals surface area contributed by atoms with E-state index >= 15 is 0 Å². The molecule has 2 amide bonds. The van der Waals surface area contributed by atoms with E-state index in [1.807, 2.05) is 6.92 Å². The van der Waals surface area contributed by atoms with E-state index < -0.39 is 11.9 Å². The Hall–Kier alpha value is -2.11. The Kier molecular flexibility index (Phi) is 5.35. The molecule has 2 unspecified atom stereocenters. The number of hydrogen-bond acceptors (Lipinski definition) is 2. The van der Waals surface area contributed by atoms with Crippen LogP contribution < -0.4 is 5.32 Å². The number of piperidine rings is 1. The first-order valence-corrected chi connectivity index (χ1v) is 7.46. The van der Waals surface area contributed by atoms with Gasteiger partial charge < -0.3 is 15.3 Å². The van der Waals surface area contributed by atoms with Crippen molar-refractivity contribution in [1.29, 1.82) is 0 Å². The van der Waals surface area contributed by atoms with E-state index in [0.29, 0.717) is 31.5 Å². The Morgan fingerprint density at radius 1 is 1.36 bits per heavy atom. The van der Waals surface area contributed by atoms with Gasteiger partial charge in [0.1, 0.15) is 5.82 Å². The fourth-order valence-corrected chi connectivity index (χ4v) is 2.81. The summed E-state index contributed by atoms with van der Waals surface area (Å²) in [7, 11) is 0. The van der Waals surface area contributed by atoms with E-state index in [0.717, 1.165) is 0 Å². The molecule has 1 saturated heterocycles. The average Bonchev–Trinajstić information content (AvgIpc) is 2.48. The SMILES string of the molecule is CC1CC(C(=O)O)CN(C(=O)NCCc2ccccc2F)C1. The second kappa shape index (κ2) is 7.24. The van der Waals surface area contributed by atoms with Crippen LogP contribution in [0.15, 0.2) is 24.3 Å². The van der Waals surface area contributed by atoms with Crippen molar-refractivity contribution in [2.45, 2.75) is 19.8 Å². The molecule has 0 radical (unpaired) electrons. The van der Waals surface area contributed by atoms with Crippen LogP contribution in [0.3, 0.4) is 0 Å². The molecule has 1 fully saturated rings. The molecule has 120 valence electrons. The molecule has 1 aliphatic rings. The van der Waals surface area contributed by atoms with Gasteiger partial charge in [0.05, 0.1) is 5.92 Å². The van der Waals surface area contributed by atoms with Crippen LogP contribution in [0.5, 0.6) is 0 Å². The molecular formula is C16H21FN2O3. The Morgan fingerprint density at radius 2 is 2.09 bits per heavy atom. The zero-order valence-corrected chi connectivity index (χ0v) is 12.6. The van der Waals surface area contributed by atoms with Gasteiger partial charge >= 0.3 is 12.0 Å². The van der Waals surface area contributed by atoms with Crippen molar-refractivity contribution in [2.75, 3.05) is 19.6 Å². The Bertz CT molecular complexity index is 550. The predicted octanol–water partition coefficient (Wildman–Crippen LogP) is 2.12. The lowest BCUT2D eigenvalue weighted by molar-refractivity contribution is -0.143. The number of benzene rings is 1. The molecule has 0 spiro atoms. The third-order valence-electron chi connectivity index (χ3n) is 3.92. The van der Waals surface area contributed by atoms with Crippen LogP contribution in [0, 0.1) is 17.7 Å². The van der Waals surface area contributed by atoms with Crippen LogP contribution in [-0.2, 0) is 11.2 Å². The van der Waals surface area contributed by atoms with Crippen molar-refractivity contribution < 1.29 is 19.1 Å². The smallest absolute Gasteiger partial charge is 0.317 e. The molecule has 0 aliphatic carbocycles. The lowest BCUT2D eigenvalue weighted by Gasteiger charge is -2.34. The molecular weight excluding hydrogens is 287 g/mol. The molecule has 1 aliphatic heterocycles. The minimum atomic E-state index is -0.865. The number of carboxylic acids is 1. The molecule has 2 N–H and O–H groups in total. The van der Waals surface area contributed by atoms with Crippen molar-refractivity contribution in [1.82, 2.24) is 10.2 Å². The molecule has 0 aromatic heterocycles. The van der Waals surface area contributed by atoms with Crippen molar-refractivity contribution in [2.24, 2.45) is 11.8 Å². The molecule has 0 saturated carbocycles. The normalized spacial score (nSPS) is 21.5. The number of urea groups is 1. The topological polar surface area (TPSA) is 69.6 Å². The summed E-state index contributed by atoms with van der Waals surface area (Å²) in [5, 5.41) is 11.8. The molecule has 5 nitrogen and oxygen atoms in total. The van der Waals surface area contributed by atoms with Crippen LogP contribution >= 0.6 is 0 Å². The van der Waals surface area contributed by atoms with Crippen molar-refractivity contribution >= 4 is 12.0 Å². The third kappa shape index (κ3) is 4.19. The first-order valence-electron chi connectivity index (χ1n) is 7.46. The molecule has 22 heavy (non-hydrogen) atoms. The fraction of sp³-hybridized carbons (Fsp3) is 0.500. The monoisotopic (exact) mass is 308 g/mol. The molecule has 1 heterocycles. The lowest BCUT2D eigenvalue weighted by atomic mass is 9.91. The number of carbonyl (C=O) groups is 2. The highest BCUT2D eigenvalue weighted by Gasteiger charge is 2.31. The van der Waals surface area contributed by atoms with Gasteiger partial charge in [-0.25, -0.2) is 9.18 Å². The summed E-state index contributed by atoms with van der Waals surface area (Å²) in [6.45, 7) is 3.04. The van der Waals surface area contributed by atoms with Gasteiger partial charge in [-0.05, 0) is 30.4 Å². The van der Waals surface area contributed by atoms with E-state index in [9.17, 15) is 14.0 Å². The number of likely N-dealkylation sites (tertiary alicyclic amines) is 1. The second-order valence-corrected chi connectivity index (χ2v) is 5.85. The number of nitrogens with one attached hydrogen (secondary N) is 1. The van der Waals surface area contributed by atoms with Gasteiger partial charge in [-0.15, -0.1) is 0 Å². The van der Waals surface area contributed by atoms with Crippen LogP contribution in [0.2, 0.25) is 0 Å². The largest absolute Gasteiger partial charge is 0.481 e. The first kappa shape index (κ1) is 16.3. The van der Waals surface area contributed by atoms with Crippen molar-refractivity contribution in [3.8, 4) is 0 Å². The van der Waals surface area contributed by atoms with E-state index in [1.54, 1.807) is 18.2 Å². The van der Waals surface area contributed by atoms with Crippen LogP contribution in [0.1, 0.15) is 18.9 Å². The van der Waals surface area contributed by atoms with E-state index in [-0.39, 0.29) is 24.3 Å². The molecule has 1 aromatic carbocycles. The zero-order chi connectivity index (χ0) is 16.1. The van der Waals surface area contributed by atoms with Crippen LogP contribution in [0.25, 0.3) is 0 Å². The fourth-order valence-electron chi connectivity index (χ4n) is 2.81. The second-order valence-electron chi connectivity index (χ2n) is 5.85. The Labute approximate surface area is 129 Å². The highest BCUT2D eigenvalue weighted by atomic mass is 19.1. The van der Waals surface area contributed by atoms with Gasteiger partial charge in [0.15, 0.2) is 0 Å². The summed E-state index contributed by atoms with van der Waals surface area (Å²) in [6, 6.07) is 6.17. The number of amides is 2. The number of rotatable bonds is 4. The van der Waals surface area contributed by atoms with Gasteiger partial charge in [-0.2, -0.15) is 0 Å². The van der Waals surface area contributed by atoms with E-state index in [2.05, 4.69) is 5.32 Å². The number of nitrogens with zero attached hydrogens (tertiary/aromatic N) is 1. The Balaban J connectivity index is 1.84. The van der Waals surface area contributed by atoms with Gasteiger partial charge in [0.25, 0.3) is 0 Å². The number of hydrogen-bond donors (Lipinski definition) is 2. The van der Waals surface area contributed by atoms with Crippen molar-refractivity contribution in [3.63, 3.8) is 0 Å². The number of halogens is 1. The molecule has 1 aromatic rings. The number of aliphatic carboxylic acids is 1. The Morgan fingerprint density at radius 3 is 2.77 bits per heavy atom. The van der Waals surface area contributed by atoms with E-state index in [4.69, 9.17) is 5.11 Å². The highest BCUT2D eigenvalue weighted by Crippen LogP contribution is 2.21. The number of carbonyl (C=O) groups excluding carboxylic acids is 1. The predicted molar refractivity (Wildman–Crippen MR) is 80.0 cm³/mol. The van der Waals surface area contributed by atoms with Gasteiger partial charge in [0, 0.05) is 19.6 Å².